The number of unbranched alkanes of at least 4 members (excludes halogenated alkanes) is 2. The molecule has 0 atom stereocenters. The first-order valence-electron chi connectivity index (χ1n) is 17.1. The molecule has 3 heterocycles. The fraction of sp³-hybridized carbons (Fsp3) is 0.400. The molecule has 0 saturated carbocycles. The standard InChI is InChI=1S/C23H22N4.C9H8F3NO.C5H12.C3H8/c1-4-11-26-15-21(14-25-26)27-16-24-22-13-19(8-10-23(22)27)7-9-20-12-17(2)5-6-18(20)3;1-2-8(14)7-5-6(3-4-13-7)9(10,11)12;1-3-5-4-2;1-3-2/h5-6,8,10,12-16H,4,11H2,1-3H3;3-5H,2H2,1H3;3-5H2,1-2H3;3H2,1-2H3. The van der Waals surface area contributed by atoms with Crippen LogP contribution in [0.15, 0.2) is 73.4 Å². The Hall–Kier alpha value is -4.71. The summed E-state index contributed by atoms with van der Waals surface area (Å²) in [6.07, 6.45) is 8.89. The first-order valence-corrected chi connectivity index (χ1v) is 17.1. The summed E-state index contributed by atoms with van der Waals surface area (Å²) in [5, 5.41) is 4.41. The van der Waals surface area contributed by atoms with Crippen molar-refractivity contribution >= 4 is 16.8 Å². The number of carbonyl (C=O) groups excluding carboxylic acids is 1. The highest BCUT2D eigenvalue weighted by Crippen LogP contribution is 2.29. The van der Waals surface area contributed by atoms with Crippen molar-refractivity contribution in [3.8, 4) is 17.5 Å². The number of hydrogen-bond acceptors (Lipinski definition) is 4. The van der Waals surface area contributed by atoms with Gasteiger partial charge in [-0.3, -0.25) is 19.0 Å². The van der Waals surface area contributed by atoms with Crippen molar-refractivity contribution in [1.82, 2.24) is 24.3 Å². The number of rotatable bonds is 7. The van der Waals surface area contributed by atoms with E-state index in [1.54, 1.807) is 6.92 Å². The van der Waals surface area contributed by atoms with Crippen LogP contribution in [0.5, 0.6) is 0 Å². The van der Waals surface area contributed by atoms with Crippen LogP contribution in [0.3, 0.4) is 0 Å². The number of halogens is 3. The van der Waals surface area contributed by atoms with Gasteiger partial charge in [0.15, 0.2) is 5.78 Å². The Morgan fingerprint density at radius 3 is 2.18 bits per heavy atom. The van der Waals surface area contributed by atoms with Gasteiger partial charge in [0.05, 0.1) is 28.5 Å². The highest BCUT2D eigenvalue weighted by molar-refractivity contribution is 5.94. The second kappa shape index (κ2) is 20.6. The Morgan fingerprint density at radius 1 is 0.857 bits per heavy atom. The Kier molecular flexibility index (Phi) is 17.0. The van der Waals surface area contributed by atoms with Crippen LogP contribution in [0, 0.1) is 25.7 Å². The van der Waals surface area contributed by atoms with Gasteiger partial charge in [-0.25, -0.2) is 4.98 Å². The van der Waals surface area contributed by atoms with E-state index < -0.39 is 17.5 Å². The molecule has 0 aliphatic heterocycles. The summed E-state index contributed by atoms with van der Waals surface area (Å²) in [5.74, 6) is 6.18. The van der Waals surface area contributed by atoms with Gasteiger partial charge in [-0.05, 0) is 67.8 Å². The molecule has 0 fully saturated rings. The molecule has 0 aliphatic rings. The molecule has 5 aromatic rings. The van der Waals surface area contributed by atoms with Crippen LogP contribution in [0.25, 0.3) is 16.7 Å². The van der Waals surface area contributed by atoms with Gasteiger partial charge in [0.1, 0.15) is 12.0 Å². The number of fused-ring (bicyclic) bond motifs is 1. The largest absolute Gasteiger partial charge is 0.416 e. The van der Waals surface area contributed by atoms with Gasteiger partial charge in [0.25, 0.3) is 0 Å². The number of ketones is 1. The normalized spacial score (nSPS) is 10.4. The molecule has 0 aliphatic carbocycles. The molecule has 2 aromatic carbocycles. The fourth-order valence-electron chi connectivity index (χ4n) is 4.43. The van der Waals surface area contributed by atoms with Crippen molar-refractivity contribution in [2.24, 2.45) is 0 Å². The van der Waals surface area contributed by atoms with E-state index in [4.69, 9.17) is 0 Å². The summed E-state index contributed by atoms with van der Waals surface area (Å²) in [6, 6.07) is 14.1. The number of Topliss-reactive ketones (excluding diaryl/α,β-unsaturated/α-hetero) is 1. The van der Waals surface area contributed by atoms with E-state index in [-0.39, 0.29) is 12.1 Å². The lowest BCUT2D eigenvalue weighted by Crippen LogP contribution is -2.08. The Labute approximate surface area is 289 Å². The number of aromatic nitrogens is 5. The molecule has 0 saturated heterocycles. The molecule has 9 heteroatoms. The van der Waals surface area contributed by atoms with E-state index in [0.717, 1.165) is 59.1 Å². The zero-order chi connectivity index (χ0) is 36.4. The average Bonchev–Trinajstić information content (AvgIpc) is 3.73. The number of pyridine rings is 1. The lowest BCUT2D eigenvalue weighted by atomic mass is 10.1. The number of hydrogen-bond donors (Lipinski definition) is 0. The molecule has 0 bridgehead atoms. The highest BCUT2D eigenvalue weighted by Gasteiger charge is 2.31. The number of imidazole rings is 1. The average molecular weight is 674 g/mol. The third-order valence-corrected chi connectivity index (χ3v) is 7.03. The summed E-state index contributed by atoms with van der Waals surface area (Å²) in [4.78, 5) is 19.2. The van der Waals surface area contributed by atoms with E-state index in [0.29, 0.717) is 0 Å². The van der Waals surface area contributed by atoms with E-state index in [1.165, 1.54) is 36.8 Å². The predicted octanol–water partition coefficient (Wildman–Crippen LogP) is 11.0. The maximum absolute atomic E-state index is 12.2. The van der Waals surface area contributed by atoms with Crippen molar-refractivity contribution in [3.63, 3.8) is 0 Å². The molecule has 49 heavy (non-hydrogen) atoms. The van der Waals surface area contributed by atoms with Crippen LogP contribution in [-0.4, -0.2) is 30.1 Å². The Morgan fingerprint density at radius 2 is 1.57 bits per heavy atom. The topological polar surface area (TPSA) is 65.6 Å². The molecular weight excluding hydrogens is 623 g/mol. The van der Waals surface area contributed by atoms with E-state index in [9.17, 15) is 18.0 Å². The number of carbonyl (C=O) groups is 1. The van der Waals surface area contributed by atoms with Gasteiger partial charge >= 0.3 is 6.18 Å². The Bertz CT molecular complexity index is 1810. The maximum Gasteiger partial charge on any atom is 0.416 e. The van der Waals surface area contributed by atoms with Crippen LogP contribution in [0.2, 0.25) is 0 Å². The number of alkyl halides is 3. The van der Waals surface area contributed by atoms with Crippen LogP contribution in [0.4, 0.5) is 13.2 Å². The van der Waals surface area contributed by atoms with Crippen LogP contribution in [-0.2, 0) is 12.7 Å². The second-order valence-corrected chi connectivity index (χ2v) is 11.6. The Balaban J connectivity index is 0.000000316. The van der Waals surface area contributed by atoms with Crippen molar-refractivity contribution in [3.05, 3.63) is 107 Å². The molecule has 0 spiro atoms. The van der Waals surface area contributed by atoms with Crippen LogP contribution < -0.4 is 0 Å². The molecule has 0 unspecified atom stereocenters. The molecular formula is C40H50F3N5O. The second-order valence-electron chi connectivity index (χ2n) is 11.6. The van der Waals surface area contributed by atoms with Crippen molar-refractivity contribution in [2.75, 3.05) is 0 Å². The SMILES string of the molecule is CCC.CCC(=O)c1cc(C(F)(F)F)ccn1.CCCCC.CCCn1cc(-n2cnc3cc(C#Cc4cc(C)ccc4C)ccc32)cn1. The van der Waals surface area contributed by atoms with Gasteiger partial charge in [-0.2, -0.15) is 18.3 Å². The first-order chi connectivity index (χ1) is 23.4. The molecule has 5 rings (SSSR count). The summed E-state index contributed by atoms with van der Waals surface area (Å²) < 4.78 is 40.6. The zero-order valence-corrected chi connectivity index (χ0v) is 30.2. The highest BCUT2D eigenvalue weighted by atomic mass is 19.4. The summed E-state index contributed by atoms with van der Waals surface area (Å²) in [7, 11) is 0. The zero-order valence-electron chi connectivity index (χ0n) is 30.2. The predicted molar refractivity (Wildman–Crippen MR) is 194 cm³/mol. The van der Waals surface area contributed by atoms with Crippen LogP contribution in [0.1, 0.15) is 118 Å². The monoisotopic (exact) mass is 673 g/mol. The summed E-state index contributed by atoms with van der Waals surface area (Å²) in [5.41, 5.74) is 6.51. The molecule has 6 nitrogen and oxygen atoms in total. The van der Waals surface area contributed by atoms with Gasteiger partial charge in [0.2, 0.25) is 0 Å². The lowest BCUT2D eigenvalue weighted by Gasteiger charge is -2.06. The third kappa shape index (κ3) is 13.0. The summed E-state index contributed by atoms with van der Waals surface area (Å²) >= 11 is 0. The first kappa shape index (κ1) is 40.5. The third-order valence-electron chi connectivity index (χ3n) is 7.03. The van der Waals surface area contributed by atoms with Gasteiger partial charge < -0.3 is 0 Å². The minimum absolute atomic E-state index is 0.137. The van der Waals surface area contributed by atoms with Gasteiger partial charge in [0, 0.05) is 36.5 Å². The minimum atomic E-state index is -4.42. The van der Waals surface area contributed by atoms with E-state index in [1.807, 2.05) is 23.3 Å². The number of nitrogens with zero attached hydrogens (tertiary/aromatic N) is 5. The smallest absolute Gasteiger partial charge is 0.296 e. The van der Waals surface area contributed by atoms with Crippen molar-refractivity contribution in [1.29, 1.82) is 0 Å². The summed E-state index contributed by atoms with van der Waals surface area (Å²) in [6.45, 7) is 17.5. The van der Waals surface area contributed by atoms with Gasteiger partial charge in [-0.1, -0.05) is 91.2 Å². The lowest BCUT2D eigenvalue weighted by molar-refractivity contribution is -0.137. The molecule has 0 N–H and O–H groups in total. The number of benzene rings is 2. The van der Waals surface area contributed by atoms with Crippen molar-refractivity contribution in [2.45, 2.75) is 107 Å². The molecule has 0 amide bonds. The minimum Gasteiger partial charge on any atom is -0.296 e. The van der Waals surface area contributed by atoms with Crippen molar-refractivity contribution < 1.29 is 18.0 Å². The van der Waals surface area contributed by atoms with Crippen LogP contribution >= 0.6 is 0 Å². The van der Waals surface area contributed by atoms with E-state index in [2.05, 4.69) is 116 Å². The molecule has 0 radical (unpaired) electrons. The van der Waals surface area contributed by atoms with Gasteiger partial charge in [-0.15, -0.1) is 0 Å². The fourth-order valence-corrected chi connectivity index (χ4v) is 4.43. The van der Waals surface area contributed by atoms with E-state index >= 15 is 0 Å². The quantitative estimate of drug-likeness (QED) is 0.127. The maximum atomic E-state index is 12.2. The molecule has 262 valence electrons. The molecule has 3 aromatic heterocycles. The number of aryl methyl sites for hydroxylation is 3.